The van der Waals surface area contributed by atoms with Crippen LogP contribution in [0.2, 0.25) is 0 Å². The molecule has 1 heterocycles. The number of carbonyl (C=O) groups excluding carboxylic acids is 2. The number of carbonyl (C=O) groups is 2. The van der Waals surface area contributed by atoms with Crippen LogP contribution in [0, 0.1) is 13.8 Å². The van der Waals surface area contributed by atoms with Crippen molar-refractivity contribution in [2.24, 2.45) is 0 Å². The first-order chi connectivity index (χ1) is 16.2. The molecule has 1 saturated heterocycles. The summed E-state index contributed by atoms with van der Waals surface area (Å²) >= 11 is 0. The Kier molecular flexibility index (Phi) is 7.12. The fourth-order valence-corrected chi connectivity index (χ4v) is 7.65. The quantitative estimate of drug-likeness (QED) is 0.652. The lowest BCUT2D eigenvalue weighted by Crippen LogP contribution is -2.57. The Morgan fingerprint density at radius 3 is 2.26 bits per heavy atom. The monoisotopic (exact) mass is 482 g/mol. The molecule has 2 aliphatic rings. The van der Waals surface area contributed by atoms with E-state index in [1.807, 2.05) is 43.3 Å². The van der Waals surface area contributed by atoms with E-state index in [0.717, 1.165) is 24.0 Å². The smallest absolute Gasteiger partial charge is 0.245 e. The Balaban J connectivity index is 1.67. The fraction of sp³-hybridized carbons (Fsp3) is 0.481. The molecule has 182 valence electrons. The number of likely N-dealkylation sites (tertiary alicyclic amines) is 1. The maximum Gasteiger partial charge on any atom is 0.245 e. The van der Waals surface area contributed by atoms with E-state index in [1.54, 1.807) is 24.0 Å². The lowest BCUT2D eigenvalue weighted by molar-refractivity contribution is -0.136. The Hall–Kier alpha value is -2.67. The molecule has 2 amide bonds. The molecule has 0 bridgehead atoms. The summed E-state index contributed by atoms with van der Waals surface area (Å²) in [7, 11) is -3.95. The van der Waals surface area contributed by atoms with Crippen molar-refractivity contribution in [2.45, 2.75) is 74.5 Å². The number of sulfone groups is 1. The number of benzene rings is 2. The maximum absolute atomic E-state index is 14.0. The molecule has 6 nitrogen and oxygen atoms in total. The summed E-state index contributed by atoms with van der Waals surface area (Å²) in [4.78, 5) is 29.2. The van der Waals surface area contributed by atoms with Gasteiger partial charge in [0.25, 0.3) is 0 Å². The number of nitrogens with zero attached hydrogens (tertiary/aromatic N) is 1. The molecule has 1 saturated carbocycles. The topological polar surface area (TPSA) is 83.5 Å². The van der Waals surface area contributed by atoms with Gasteiger partial charge in [0.2, 0.25) is 11.8 Å². The minimum absolute atomic E-state index is 0.132. The first-order valence-electron chi connectivity index (χ1n) is 12.2. The molecule has 0 aromatic heterocycles. The van der Waals surface area contributed by atoms with Crippen LogP contribution < -0.4 is 5.32 Å². The molecule has 0 spiro atoms. The second-order valence-electron chi connectivity index (χ2n) is 9.72. The Labute approximate surface area is 202 Å². The highest BCUT2D eigenvalue weighted by Gasteiger charge is 2.54. The zero-order valence-corrected chi connectivity index (χ0v) is 20.9. The number of aryl methyl sites for hydroxylation is 2. The fourth-order valence-electron chi connectivity index (χ4n) is 5.27. The van der Waals surface area contributed by atoms with E-state index >= 15 is 0 Å². The molecule has 1 unspecified atom stereocenters. The lowest BCUT2D eigenvalue weighted by atomic mass is 10.0. The first-order valence-corrected chi connectivity index (χ1v) is 13.7. The van der Waals surface area contributed by atoms with Crippen LogP contribution in [0.25, 0.3) is 0 Å². The molecule has 1 N–H and O–H groups in total. The highest BCUT2D eigenvalue weighted by atomic mass is 32.2. The predicted molar refractivity (Wildman–Crippen MR) is 132 cm³/mol. The average Bonchev–Trinajstić information content (AvgIpc) is 3.54. The van der Waals surface area contributed by atoms with Crippen molar-refractivity contribution in [2.75, 3.05) is 13.1 Å². The highest BCUT2D eigenvalue weighted by molar-refractivity contribution is 7.93. The second kappa shape index (κ2) is 9.90. The average molecular weight is 483 g/mol. The van der Waals surface area contributed by atoms with Crippen LogP contribution in [0.3, 0.4) is 0 Å². The molecule has 34 heavy (non-hydrogen) atoms. The van der Waals surface area contributed by atoms with Crippen molar-refractivity contribution >= 4 is 21.7 Å². The third-order valence-electron chi connectivity index (χ3n) is 7.28. The highest BCUT2D eigenvalue weighted by Crippen LogP contribution is 2.42. The third-order valence-corrected chi connectivity index (χ3v) is 9.92. The summed E-state index contributed by atoms with van der Waals surface area (Å²) in [5.41, 5.74) is 2.40. The summed E-state index contributed by atoms with van der Waals surface area (Å²) in [6.07, 6.45) is 4.10. The van der Waals surface area contributed by atoms with Gasteiger partial charge in [-0.15, -0.1) is 0 Å². The molecule has 4 rings (SSSR count). The van der Waals surface area contributed by atoms with E-state index < -0.39 is 26.5 Å². The molecular formula is C27H34N2O4S. The van der Waals surface area contributed by atoms with Crippen LogP contribution in [0.1, 0.15) is 55.2 Å². The van der Waals surface area contributed by atoms with Gasteiger partial charge in [-0.1, -0.05) is 55.3 Å². The summed E-state index contributed by atoms with van der Waals surface area (Å²) in [5.74, 6) is -0.675. The molecule has 1 aliphatic heterocycles. The Morgan fingerprint density at radius 1 is 0.971 bits per heavy atom. The summed E-state index contributed by atoms with van der Waals surface area (Å²) in [6.45, 7) is 4.96. The zero-order chi connectivity index (χ0) is 24.3. The van der Waals surface area contributed by atoms with E-state index in [2.05, 4.69) is 5.32 Å². The number of rotatable bonds is 7. The van der Waals surface area contributed by atoms with Gasteiger partial charge >= 0.3 is 0 Å². The van der Waals surface area contributed by atoms with Crippen molar-refractivity contribution in [1.82, 2.24) is 10.2 Å². The normalized spacial score (nSPS) is 18.6. The van der Waals surface area contributed by atoms with Crippen molar-refractivity contribution in [3.05, 3.63) is 65.2 Å². The van der Waals surface area contributed by atoms with Gasteiger partial charge < -0.3 is 10.2 Å². The van der Waals surface area contributed by atoms with Crippen LogP contribution in [0.5, 0.6) is 0 Å². The summed E-state index contributed by atoms with van der Waals surface area (Å²) in [6, 6.07) is 14.1. The molecule has 2 aromatic rings. The van der Waals surface area contributed by atoms with Gasteiger partial charge in [-0.2, -0.15) is 0 Å². The number of amides is 2. The second-order valence-corrected chi connectivity index (χ2v) is 12.0. The molecule has 7 heteroatoms. The van der Waals surface area contributed by atoms with Crippen molar-refractivity contribution in [1.29, 1.82) is 0 Å². The van der Waals surface area contributed by atoms with Crippen LogP contribution in [0.15, 0.2) is 53.4 Å². The van der Waals surface area contributed by atoms with E-state index in [-0.39, 0.29) is 23.6 Å². The van der Waals surface area contributed by atoms with Gasteiger partial charge in [0.05, 0.1) is 4.90 Å². The van der Waals surface area contributed by atoms with Gasteiger partial charge in [0, 0.05) is 19.5 Å². The van der Waals surface area contributed by atoms with Crippen LogP contribution in [-0.4, -0.2) is 49.0 Å². The molecule has 0 radical (unpaired) electrons. The van der Waals surface area contributed by atoms with E-state index in [9.17, 15) is 18.0 Å². The van der Waals surface area contributed by atoms with Crippen LogP contribution in [-0.2, 0) is 25.8 Å². The number of nitrogens with one attached hydrogen (secondary N) is 1. The SMILES string of the molecule is Cc1ccc(C)c(S(=O)(=O)C2(C(=O)NC(Cc3ccccc3)C(=O)N3CCCC3)CCCC2)c1. The molecule has 1 aliphatic carbocycles. The van der Waals surface area contributed by atoms with Gasteiger partial charge in [0.1, 0.15) is 6.04 Å². The minimum atomic E-state index is -3.95. The summed E-state index contributed by atoms with van der Waals surface area (Å²) < 4.78 is 26.4. The van der Waals surface area contributed by atoms with E-state index in [4.69, 9.17) is 0 Å². The predicted octanol–water partition coefficient (Wildman–Crippen LogP) is 3.74. The molecule has 2 fully saturated rings. The van der Waals surface area contributed by atoms with Crippen LogP contribution in [0.4, 0.5) is 0 Å². The minimum Gasteiger partial charge on any atom is -0.343 e. The third kappa shape index (κ3) is 4.63. The van der Waals surface area contributed by atoms with Gasteiger partial charge in [0.15, 0.2) is 14.6 Å². The molecular weight excluding hydrogens is 448 g/mol. The Bertz CT molecular complexity index is 1150. The lowest BCUT2D eigenvalue weighted by Gasteiger charge is -2.31. The summed E-state index contributed by atoms with van der Waals surface area (Å²) in [5, 5.41) is 2.93. The Morgan fingerprint density at radius 2 is 1.62 bits per heavy atom. The van der Waals surface area contributed by atoms with Gasteiger partial charge in [-0.25, -0.2) is 8.42 Å². The van der Waals surface area contributed by atoms with E-state index in [1.165, 1.54) is 0 Å². The van der Waals surface area contributed by atoms with Gasteiger partial charge in [-0.3, -0.25) is 9.59 Å². The van der Waals surface area contributed by atoms with Crippen molar-refractivity contribution in [3.63, 3.8) is 0 Å². The van der Waals surface area contributed by atoms with E-state index in [0.29, 0.717) is 37.9 Å². The maximum atomic E-state index is 14.0. The number of hydrogen-bond donors (Lipinski definition) is 1. The largest absolute Gasteiger partial charge is 0.343 e. The van der Waals surface area contributed by atoms with Crippen LogP contribution >= 0.6 is 0 Å². The van der Waals surface area contributed by atoms with Gasteiger partial charge in [-0.05, 0) is 62.3 Å². The van der Waals surface area contributed by atoms with Crippen molar-refractivity contribution in [3.8, 4) is 0 Å². The standard InChI is InChI=1S/C27H34N2O4S/c1-20-12-13-21(2)24(18-20)34(32,33)27(14-6-7-15-27)26(31)28-23(19-22-10-4-3-5-11-22)25(30)29-16-8-9-17-29/h3-5,10-13,18,23H,6-9,14-17,19H2,1-2H3,(H,28,31). The molecule has 2 aromatic carbocycles. The molecule has 1 atom stereocenters. The number of hydrogen-bond acceptors (Lipinski definition) is 4. The zero-order valence-electron chi connectivity index (χ0n) is 20.0. The first kappa shape index (κ1) is 24.5. The van der Waals surface area contributed by atoms with Crippen molar-refractivity contribution < 1.29 is 18.0 Å².